The first kappa shape index (κ1) is 16.6. The van der Waals surface area contributed by atoms with E-state index in [1.165, 1.54) is 17.7 Å². The Hall–Kier alpha value is -0.730. The van der Waals surface area contributed by atoms with Gasteiger partial charge in [0.15, 0.2) is 0 Å². The molecule has 1 aromatic carbocycles. The van der Waals surface area contributed by atoms with E-state index in [4.69, 9.17) is 11.6 Å². The lowest BCUT2D eigenvalue weighted by molar-refractivity contribution is 0.263. The molecular weight excluding hydrogens is 280 g/mol. The minimum atomic E-state index is 0.383. The fraction of sp³-hybridized carbons (Fsp3) is 0.667. The molecule has 118 valence electrons. The van der Waals surface area contributed by atoms with Gasteiger partial charge in [0.05, 0.1) is 0 Å². The lowest BCUT2D eigenvalue weighted by atomic mass is 9.80. The number of hydrogen-bond acceptors (Lipinski definition) is 2. The van der Waals surface area contributed by atoms with Crippen molar-refractivity contribution in [3.8, 4) is 0 Å². The van der Waals surface area contributed by atoms with Gasteiger partial charge in [-0.15, -0.1) is 0 Å². The van der Waals surface area contributed by atoms with E-state index in [0.29, 0.717) is 5.41 Å². The number of nitrogens with zero attached hydrogens (tertiary/aromatic N) is 1. The van der Waals surface area contributed by atoms with Crippen LogP contribution in [0.25, 0.3) is 0 Å². The third kappa shape index (κ3) is 4.14. The second kappa shape index (κ2) is 7.02. The SMILES string of the molecule is CCCNCc1c(Cl)cccc1N1CCC(C(C)(C)C)C1. The van der Waals surface area contributed by atoms with E-state index in [0.717, 1.165) is 43.5 Å². The van der Waals surface area contributed by atoms with Crippen LogP contribution in [0.3, 0.4) is 0 Å². The highest BCUT2D eigenvalue weighted by Gasteiger charge is 2.32. The largest absolute Gasteiger partial charge is 0.371 e. The zero-order valence-corrected chi connectivity index (χ0v) is 14.6. The highest BCUT2D eigenvalue weighted by atomic mass is 35.5. The van der Waals surface area contributed by atoms with Gasteiger partial charge in [-0.25, -0.2) is 0 Å². The molecule has 0 aliphatic carbocycles. The molecular formula is C18H29ClN2. The van der Waals surface area contributed by atoms with E-state index in [1.54, 1.807) is 0 Å². The third-order valence-electron chi connectivity index (χ3n) is 4.58. The van der Waals surface area contributed by atoms with Crippen molar-refractivity contribution in [2.24, 2.45) is 11.3 Å². The highest BCUT2D eigenvalue weighted by molar-refractivity contribution is 6.31. The highest BCUT2D eigenvalue weighted by Crippen LogP contribution is 2.37. The predicted molar refractivity (Wildman–Crippen MR) is 93.2 cm³/mol. The van der Waals surface area contributed by atoms with Crippen LogP contribution in [0.4, 0.5) is 5.69 Å². The fourth-order valence-electron chi connectivity index (χ4n) is 3.09. The molecule has 1 unspecified atom stereocenters. The second-order valence-electron chi connectivity index (χ2n) is 7.21. The van der Waals surface area contributed by atoms with E-state index in [9.17, 15) is 0 Å². The third-order valence-corrected chi connectivity index (χ3v) is 4.93. The van der Waals surface area contributed by atoms with Crippen molar-refractivity contribution in [1.29, 1.82) is 0 Å². The van der Waals surface area contributed by atoms with E-state index < -0.39 is 0 Å². The van der Waals surface area contributed by atoms with Crippen LogP contribution in [-0.2, 0) is 6.54 Å². The molecule has 1 aliphatic heterocycles. The van der Waals surface area contributed by atoms with Crippen molar-refractivity contribution in [1.82, 2.24) is 5.32 Å². The molecule has 1 saturated heterocycles. The molecule has 0 aromatic heterocycles. The predicted octanol–water partition coefficient (Wildman–Crippen LogP) is 4.71. The van der Waals surface area contributed by atoms with E-state index in [2.05, 4.69) is 50.0 Å². The number of hydrogen-bond donors (Lipinski definition) is 1. The number of rotatable bonds is 5. The van der Waals surface area contributed by atoms with Gasteiger partial charge in [0.1, 0.15) is 0 Å². The molecule has 1 N–H and O–H groups in total. The molecule has 0 spiro atoms. The maximum atomic E-state index is 6.45. The number of nitrogens with one attached hydrogen (secondary N) is 1. The molecule has 2 nitrogen and oxygen atoms in total. The van der Waals surface area contributed by atoms with Gasteiger partial charge >= 0.3 is 0 Å². The van der Waals surface area contributed by atoms with Gasteiger partial charge in [-0.1, -0.05) is 45.4 Å². The van der Waals surface area contributed by atoms with Gasteiger partial charge in [-0.3, -0.25) is 0 Å². The average Bonchev–Trinajstić information content (AvgIpc) is 2.90. The van der Waals surface area contributed by atoms with Crippen molar-refractivity contribution in [2.75, 3.05) is 24.5 Å². The quantitative estimate of drug-likeness (QED) is 0.792. The molecule has 0 saturated carbocycles. The maximum absolute atomic E-state index is 6.45. The second-order valence-corrected chi connectivity index (χ2v) is 7.62. The summed E-state index contributed by atoms with van der Waals surface area (Å²) < 4.78 is 0. The van der Waals surface area contributed by atoms with Crippen LogP contribution in [0.1, 0.15) is 46.1 Å². The Morgan fingerprint density at radius 1 is 1.33 bits per heavy atom. The first-order chi connectivity index (χ1) is 9.93. The van der Waals surface area contributed by atoms with Crippen molar-refractivity contribution in [3.05, 3.63) is 28.8 Å². The Kier molecular flexibility index (Phi) is 5.56. The topological polar surface area (TPSA) is 15.3 Å². The fourth-order valence-corrected chi connectivity index (χ4v) is 3.33. The summed E-state index contributed by atoms with van der Waals surface area (Å²) in [6.07, 6.45) is 2.42. The zero-order chi connectivity index (χ0) is 15.5. The Morgan fingerprint density at radius 3 is 2.71 bits per heavy atom. The lowest BCUT2D eigenvalue weighted by Gasteiger charge is -2.28. The smallest absolute Gasteiger partial charge is 0.0471 e. The van der Waals surface area contributed by atoms with Crippen LogP contribution >= 0.6 is 11.6 Å². The van der Waals surface area contributed by atoms with Crippen LogP contribution in [0.2, 0.25) is 5.02 Å². The van der Waals surface area contributed by atoms with Gasteiger partial charge in [-0.05, 0) is 42.9 Å². The summed E-state index contributed by atoms with van der Waals surface area (Å²) in [7, 11) is 0. The Bertz CT molecular complexity index is 465. The van der Waals surface area contributed by atoms with Crippen molar-refractivity contribution < 1.29 is 0 Å². The number of anilines is 1. The van der Waals surface area contributed by atoms with Crippen molar-refractivity contribution in [3.63, 3.8) is 0 Å². The standard InChI is InChI=1S/C18H29ClN2/c1-5-10-20-12-15-16(19)7-6-8-17(15)21-11-9-14(13-21)18(2,3)4/h6-8,14,20H,5,9-13H2,1-4H3. The minimum Gasteiger partial charge on any atom is -0.371 e. The molecule has 1 aromatic rings. The summed E-state index contributed by atoms with van der Waals surface area (Å²) in [6.45, 7) is 13.4. The minimum absolute atomic E-state index is 0.383. The summed E-state index contributed by atoms with van der Waals surface area (Å²) in [4.78, 5) is 2.52. The monoisotopic (exact) mass is 308 g/mol. The Labute approximate surface area is 134 Å². The van der Waals surface area contributed by atoms with Crippen LogP contribution in [0, 0.1) is 11.3 Å². The number of halogens is 1. The lowest BCUT2D eigenvalue weighted by Crippen LogP contribution is -2.27. The molecule has 21 heavy (non-hydrogen) atoms. The van der Waals surface area contributed by atoms with Crippen LogP contribution in [-0.4, -0.2) is 19.6 Å². The van der Waals surface area contributed by atoms with Crippen LogP contribution < -0.4 is 10.2 Å². The Balaban J connectivity index is 2.14. The summed E-state index contributed by atoms with van der Waals surface area (Å²) in [5.74, 6) is 0.757. The summed E-state index contributed by atoms with van der Waals surface area (Å²) in [5.41, 5.74) is 2.95. The summed E-state index contributed by atoms with van der Waals surface area (Å²) >= 11 is 6.45. The summed E-state index contributed by atoms with van der Waals surface area (Å²) in [5, 5.41) is 4.37. The average molecular weight is 309 g/mol. The Morgan fingerprint density at radius 2 is 2.10 bits per heavy atom. The van der Waals surface area contributed by atoms with Crippen molar-refractivity contribution >= 4 is 17.3 Å². The van der Waals surface area contributed by atoms with Gasteiger partial charge in [0.25, 0.3) is 0 Å². The van der Waals surface area contributed by atoms with Gasteiger partial charge in [-0.2, -0.15) is 0 Å². The first-order valence-electron chi connectivity index (χ1n) is 8.16. The molecule has 1 atom stereocenters. The zero-order valence-electron chi connectivity index (χ0n) is 13.9. The molecule has 1 heterocycles. The van der Waals surface area contributed by atoms with E-state index >= 15 is 0 Å². The number of benzene rings is 1. The van der Waals surface area contributed by atoms with E-state index in [1.807, 2.05) is 6.07 Å². The van der Waals surface area contributed by atoms with E-state index in [-0.39, 0.29) is 0 Å². The molecule has 1 aliphatic rings. The van der Waals surface area contributed by atoms with Gasteiger partial charge < -0.3 is 10.2 Å². The van der Waals surface area contributed by atoms with Crippen LogP contribution in [0.15, 0.2) is 18.2 Å². The van der Waals surface area contributed by atoms with Crippen LogP contribution in [0.5, 0.6) is 0 Å². The van der Waals surface area contributed by atoms with Gasteiger partial charge in [0, 0.05) is 35.9 Å². The summed E-state index contributed by atoms with van der Waals surface area (Å²) in [6, 6.07) is 6.30. The molecule has 2 rings (SSSR count). The molecule has 3 heteroatoms. The normalized spacial score (nSPS) is 19.3. The first-order valence-corrected chi connectivity index (χ1v) is 8.54. The molecule has 0 amide bonds. The molecule has 0 radical (unpaired) electrons. The molecule has 1 fully saturated rings. The van der Waals surface area contributed by atoms with Gasteiger partial charge in [0.2, 0.25) is 0 Å². The maximum Gasteiger partial charge on any atom is 0.0471 e. The molecule has 0 bridgehead atoms. The van der Waals surface area contributed by atoms with Crippen molar-refractivity contribution in [2.45, 2.75) is 47.1 Å².